The number of fused-ring (bicyclic) bond motifs is 1. The van der Waals surface area contributed by atoms with Crippen LogP contribution in [0.1, 0.15) is 27.9 Å². The van der Waals surface area contributed by atoms with Gasteiger partial charge in [-0.3, -0.25) is 10.1 Å². The number of methoxy groups -OCH3 is 1. The van der Waals surface area contributed by atoms with E-state index in [0.29, 0.717) is 13.1 Å². The lowest BCUT2D eigenvalue weighted by Crippen LogP contribution is -2.24. The van der Waals surface area contributed by atoms with Crippen LogP contribution >= 0.6 is 0 Å². The van der Waals surface area contributed by atoms with Gasteiger partial charge in [-0.1, -0.05) is 24.3 Å². The van der Waals surface area contributed by atoms with Crippen LogP contribution in [0.4, 0.5) is 11.5 Å². The first-order chi connectivity index (χ1) is 11.6. The summed E-state index contributed by atoms with van der Waals surface area (Å²) >= 11 is 0. The number of benzene rings is 1. The lowest BCUT2D eigenvalue weighted by Gasteiger charge is -2.21. The van der Waals surface area contributed by atoms with E-state index in [0.717, 1.165) is 18.4 Å². The fourth-order valence-corrected chi connectivity index (χ4v) is 2.93. The van der Waals surface area contributed by atoms with Gasteiger partial charge in [0.25, 0.3) is 0 Å². The van der Waals surface area contributed by atoms with Crippen molar-refractivity contribution in [1.29, 1.82) is 0 Å². The van der Waals surface area contributed by atoms with E-state index in [4.69, 9.17) is 0 Å². The number of aryl methyl sites for hydroxylation is 1. The number of hydrogen-bond donors (Lipinski definition) is 0. The Hall–Kier alpha value is -2.96. The highest BCUT2D eigenvalue weighted by molar-refractivity contribution is 5.90. The summed E-state index contributed by atoms with van der Waals surface area (Å²) in [6.45, 7) is 1.22. The molecule has 124 valence electrons. The second-order valence-electron chi connectivity index (χ2n) is 5.61. The zero-order valence-electron chi connectivity index (χ0n) is 13.3. The Labute approximate surface area is 139 Å². The van der Waals surface area contributed by atoms with E-state index in [2.05, 4.69) is 15.8 Å². The van der Waals surface area contributed by atoms with E-state index in [1.807, 2.05) is 23.1 Å². The average molecular weight is 327 g/mol. The van der Waals surface area contributed by atoms with Gasteiger partial charge in [0.1, 0.15) is 0 Å². The highest BCUT2D eigenvalue weighted by Crippen LogP contribution is 2.30. The van der Waals surface area contributed by atoms with Gasteiger partial charge in [-0.2, -0.15) is 0 Å². The standard InChI is InChI=1S/C17H17N3O4/c1-24-17(21)14-9-15(20(22)23)16(18-10-14)19-8-4-7-12-5-2-3-6-13(12)11-19/h2-3,5-6,9-10H,4,7-8,11H2,1H3. The van der Waals surface area contributed by atoms with Crippen LogP contribution in [0, 0.1) is 10.1 Å². The Kier molecular flexibility index (Phi) is 4.41. The molecule has 0 saturated heterocycles. The molecule has 0 unspecified atom stereocenters. The maximum Gasteiger partial charge on any atom is 0.339 e. The normalized spacial score (nSPS) is 13.8. The van der Waals surface area contributed by atoms with Crippen LogP contribution in [0.25, 0.3) is 0 Å². The minimum atomic E-state index is -0.640. The molecular weight excluding hydrogens is 310 g/mol. The zero-order chi connectivity index (χ0) is 17.1. The molecule has 0 bridgehead atoms. The summed E-state index contributed by atoms with van der Waals surface area (Å²) in [5.41, 5.74) is 2.29. The number of carbonyl (C=O) groups excluding carboxylic acids is 1. The third kappa shape index (κ3) is 3.05. The summed E-state index contributed by atoms with van der Waals surface area (Å²) in [7, 11) is 1.23. The molecule has 7 nitrogen and oxygen atoms in total. The van der Waals surface area contributed by atoms with Crippen LogP contribution in [0.15, 0.2) is 36.5 Å². The minimum Gasteiger partial charge on any atom is -0.465 e. The van der Waals surface area contributed by atoms with E-state index >= 15 is 0 Å². The van der Waals surface area contributed by atoms with Crippen molar-refractivity contribution < 1.29 is 14.5 Å². The topological polar surface area (TPSA) is 85.6 Å². The molecular formula is C17H17N3O4. The first kappa shape index (κ1) is 15.9. The highest BCUT2D eigenvalue weighted by atomic mass is 16.6. The SMILES string of the molecule is COC(=O)c1cnc(N2CCCc3ccccc3C2)c([N+](=O)[O-])c1. The van der Waals surface area contributed by atoms with Gasteiger partial charge < -0.3 is 9.64 Å². The number of nitrogens with zero attached hydrogens (tertiary/aromatic N) is 3. The van der Waals surface area contributed by atoms with E-state index in [1.54, 1.807) is 0 Å². The molecule has 0 aliphatic carbocycles. The third-order valence-electron chi connectivity index (χ3n) is 4.12. The summed E-state index contributed by atoms with van der Waals surface area (Å²) in [5.74, 6) is -0.359. The molecule has 0 radical (unpaired) electrons. The van der Waals surface area contributed by atoms with Gasteiger partial charge in [-0.25, -0.2) is 9.78 Å². The number of carbonyl (C=O) groups is 1. The lowest BCUT2D eigenvalue weighted by atomic mass is 10.0. The monoisotopic (exact) mass is 327 g/mol. The summed E-state index contributed by atoms with van der Waals surface area (Å²) in [6.07, 6.45) is 3.14. The Morgan fingerprint density at radius 1 is 1.33 bits per heavy atom. The largest absolute Gasteiger partial charge is 0.465 e. The zero-order valence-corrected chi connectivity index (χ0v) is 13.3. The smallest absolute Gasteiger partial charge is 0.339 e. The van der Waals surface area contributed by atoms with Crippen LogP contribution in [-0.4, -0.2) is 29.5 Å². The van der Waals surface area contributed by atoms with Crippen molar-refractivity contribution in [3.05, 3.63) is 63.3 Å². The molecule has 2 heterocycles. The molecule has 0 N–H and O–H groups in total. The lowest BCUT2D eigenvalue weighted by molar-refractivity contribution is -0.384. The number of pyridine rings is 1. The molecule has 1 aromatic carbocycles. The van der Waals surface area contributed by atoms with Gasteiger partial charge in [0.05, 0.1) is 17.6 Å². The Balaban J connectivity index is 1.99. The van der Waals surface area contributed by atoms with Gasteiger partial charge in [-0.15, -0.1) is 0 Å². The molecule has 1 aliphatic rings. The molecule has 0 amide bonds. The second-order valence-corrected chi connectivity index (χ2v) is 5.61. The molecule has 24 heavy (non-hydrogen) atoms. The van der Waals surface area contributed by atoms with E-state index < -0.39 is 10.9 Å². The fraction of sp³-hybridized carbons (Fsp3) is 0.294. The van der Waals surface area contributed by atoms with Crippen molar-refractivity contribution in [3.8, 4) is 0 Å². The summed E-state index contributed by atoms with van der Waals surface area (Å²) in [5, 5.41) is 11.4. The van der Waals surface area contributed by atoms with Crippen molar-refractivity contribution in [2.45, 2.75) is 19.4 Å². The summed E-state index contributed by atoms with van der Waals surface area (Å²) in [4.78, 5) is 28.6. The van der Waals surface area contributed by atoms with Crippen molar-refractivity contribution >= 4 is 17.5 Å². The number of esters is 1. The van der Waals surface area contributed by atoms with Crippen molar-refractivity contribution in [2.75, 3.05) is 18.6 Å². The average Bonchev–Trinajstić information content (AvgIpc) is 2.82. The minimum absolute atomic E-state index is 0.0724. The highest BCUT2D eigenvalue weighted by Gasteiger charge is 2.25. The molecule has 1 aliphatic heterocycles. The van der Waals surface area contributed by atoms with Crippen LogP contribution in [0.5, 0.6) is 0 Å². The van der Waals surface area contributed by atoms with Gasteiger partial charge in [-0.05, 0) is 24.0 Å². The van der Waals surface area contributed by atoms with Crippen LogP contribution in [0.2, 0.25) is 0 Å². The number of hydrogen-bond acceptors (Lipinski definition) is 6. The van der Waals surface area contributed by atoms with Gasteiger partial charge in [0, 0.05) is 25.4 Å². The predicted molar refractivity (Wildman–Crippen MR) is 88.0 cm³/mol. The van der Waals surface area contributed by atoms with Crippen LogP contribution in [0.3, 0.4) is 0 Å². The number of ether oxygens (including phenoxy) is 1. The van der Waals surface area contributed by atoms with Gasteiger partial charge in [0.2, 0.25) is 5.82 Å². The molecule has 7 heteroatoms. The first-order valence-corrected chi connectivity index (χ1v) is 7.64. The Morgan fingerprint density at radius 3 is 2.79 bits per heavy atom. The fourth-order valence-electron chi connectivity index (χ4n) is 2.93. The second kappa shape index (κ2) is 6.66. The number of rotatable bonds is 3. The summed E-state index contributed by atoms with van der Waals surface area (Å²) < 4.78 is 4.61. The Morgan fingerprint density at radius 2 is 2.08 bits per heavy atom. The number of aromatic nitrogens is 1. The molecule has 0 spiro atoms. The maximum atomic E-state index is 11.6. The molecule has 0 saturated carbocycles. The van der Waals surface area contributed by atoms with Crippen LogP contribution < -0.4 is 4.90 Å². The van der Waals surface area contributed by atoms with E-state index in [-0.39, 0.29) is 17.1 Å². The molecule has 1 aromatic heterocycles. The van der Waals surface area contributed by atoms with Gasteiger partial charge in [0.15, 0.2) is 0 Å². The molecule has 2 aromatic rings. The molecule has 0 atom stereocenters. The van der Waals surface area contributed by atoms with Crippen molar-refractivity contribution in [3.63, 3.8) is 0 Å². The quantitative estimate of drug-likeness (QED) is 0.489. The predicted octanol–water partition coefficient (Wildman–Crippen LogP) is 2.73. The van der Waals surface area contributed by atoms with Crippen LogP contribution in [-0.2, 0) is 17.7 Å². The van der Waals surface area contributed by atoms with E-state index in [1.165, 1.54) is 24.9 Å². The van der Waals surface area contributed by atoms with Crippen molar-refractivity contribution in [1.82, 2.24) is 4.98 Å². The summed E-state index contributed by atoms with van der Waals surface area (Å²) in [6, 6.07) is 9.30. The third-order valence-corrected chi connectivity index (χ3v) is 4.12. The maximum absolute atomic E-state index is 11.6. The van der Waals surface area contributed by atoms with Gasteiger partial charge >= 0.3 is 11.7 Å². The van der Waals surface area contributed by atoms with E-state index in [9.17, 15) is 14.9 Å². The van der Waals surface area contributed by atoms with Crippen molar-refractivity contribution in [2.24, 2.45) is 0 Å². The first-order valence-electron chi connectivity index (χ1n) is 7.64. The Bertz CT molecular complexity index is 791. The number of anilines is 1. The molecule has 0 fully saturated rings. The number of nitro groups is 1. The molecule has 3 rings (SSSR count).